The summed E-state index contributed by atoms with van der Waals surface area (Å²) in [5, 5.41) is 0.707. The van der Waals surface area contributed by atoms with Crippen molar-refractivity contribution in [3.63, 3.8) is 0 Å². The quantitative estimate of drug-likeness (QED) is 0.699. The molecule has 0 unspecified atom stereocenters. The molecule has 1 saturated heterocycles. The van der Waals surface area contributed by atoms with Crippen LogP contribution in [0.4, 0.5) is 0 Å². The lowest BCUT2D eigenvalue weighted by Gasteiger charge is -2.33. The second-order valence-corrected chi connectivity index (χ2v) is 7.74. The summed E-state index contributed by atoms with van der Waals surface area (Å²) < 4.78 is 7.78. The third-order valence-corrected chi connectivity index (χ3v) is 5.32. The van der Waals surface area contributed by atoms with Crippen molar-refractivity contribution in [1.82, 2.24) is 19.4 Å². The SMILES string of the molecule is CC(C)c1nccn1CC(=O)N1CCO[C@@H](c2cc(C(N)=O)c3ccccc3n2)C1. The van der Waals surface area contributed by atoms with Crippen LogP contribution in [0.15, 0.2) is 42.7 Å². The topological polar surface area (TPSA) is 103 Å². The maximum absolute atomic E-state index is 12.9. The number of hydrogen-bond acceptors (Lipinski definition) is 5. The molecule has 1 aliphatic rings. The summed E-state index contributed by atoms with van der Waals surface area (Å²) in [4.78, 5) is 35.7. The van der Waals surface area contributed by atoms with E-state index in [0.29, 0.717) is 41.9 Å². The molecule has 0 radical (unpaired) electrons. The minimum absolute atomic E-state index is 0.000820. The molecule has 8 heteroatoms. The first kappa shape index (κ1) is 20.0. The van der Waals surface area contributed by atoms with Crippen molar-refractivity contribution in [3.8, 4) is 0 Å². The fourth-order valence-electron chi connectivity index (χ4n) is 3.82. The smallest absolute Gasteiger partial charge is 0.249 e. The Labute approximate surface area is 174 Å². The summed E-state index contributed by atoms with van der Waals surface area (Å²) in [6.07, 6.45) is 3.13. The van der Waals surface area contributed by atoms with Crippen molar-refractivity contribution < 1.29 is 14.3 Å². The number of aromatic nitrogens is 3. The highest BCUT2D eigenvalue weighted by Gasteiger charge is 2.28. The highest BCUT2D eigenvalue weighted by molar-refractivity contribution is 6.05. The molecular weight excluding hydrogens is 382 g/mol. The zero-order chi connectivity index (χ0) is 21.3. The van der Waals surface area contributed by atoms with Gasteiger partial charge in [0.25, 0.3) is 0 Å². The molecule has 2 aromatic heterocycles. The summed E-state index contributed by atoms with van der Waals surface area (Å²) in [6.45, 7) is 5.62. The normalized spacial score (nSPS) is 16.9. The van der Waals surface area contributed by atoms with E-state index in [1.807, 2.05) is 35.0 Å². The average Bonchev–Trinajstić information content (AvgIpc) is 3.21. The summed E-state index contributed by atoms with van der Waals surface area (Å²) in [7, 11) is 0. The maximum atomic E-state index is 12.9. The number of nitrogens with two attached hydrogens (primary N) is 1. The number of amides is 2. The summed E-state index contributed by atoms with van der Waals surface area (Å²) in [5.74, 6) is 0.605. The summed E-state index contributed by atoms with van der Waals surface area (Å²) in [6, 6.07) is 9.04. The fraction of sp³-hybridized carbons (Fsp3) is 0.364. The number of para-hydroxylation sites is 1. The van der Waals surface area contributed by atoms with Crippen LogP contribution in [0, 0.1) is 0 Å². The van der Waals surface area contributed by atoms with E-state index in [9.17, 15) is 9.59 Å². The molecule has 1 aromatic carbocycles. The van der Waals surface area contributed by atoms with Crippen molar-refractivity contribution in [3.05, 3.63) is 59.8 Å². The van der Waals surface area contributed by atoms with Gasteiger partial charge >= 0.3 is 0 Å². The monoisotopic (exact) mass is 407 g/mol. The van der Waals surface area contributed by atoms with E-state index in [1.165, 1.54) is 0 Å². The van der Waals surface area contributed by atoms with Crippen LogP contribution < -0.4 is 5.73 Å². The van der Waals surface area contributed by atoms with Crippen molar-refractivity contribution in [2.45, 2.75) is 32.4 Å². The van der Waals surface area contributed by atoms with Gasteiger partial charge < -0.3 is 19.9 Å². The Morgan fingerprint density at radius 3 is 2.87 bits per heavy atom. The zero-order valence-corrected chi connectivity index (χ0v) is 17.1. The maximum Gasteiger partial charge on any atom is 0.249 e. The van der Waals surface area contributed by atoms with E-state index in [0.717, 1.165) is 5.82 Å². The molecule has 2 amide bonds. The van der Waals surface area contributed by atoms with Gasteiger partial charge in [-0.25, -0.2) is 9.97 Å². The van der Waals surface area contributed by atoms with Crippen LogP contribution in [-0.4, -0.2) is 50.9 Å². The van der Waals surface area contributed by atoms with Gasteiger partial charge in [0.1, 0.15) is 18.5 Å². The molecular formula is C22H25N5O3. The number of fused-ring (bicyclic) bond motifs is 1. The number of rotatable bonds is 5. The zero-order valence-electron chi connectivity index (χ0n) is 17.1. The number of carbonyl (C=O) groups is 2. The largest absolute Gasteiger partial charge is 0.368 e. The lowest BCUT2D eigenvalue weighted by atomic mass is 10.0. The third kappa shape index (κ3) is 3.91. The Morgan fingerprint density at radius 1 is 1.30 bits per heavy atom. The Bertz CT molecular complexity index is 1090. The fourth-order valence-corrected chi connectivity index (χ4v) is 3.82. The Balaban J connectivity index is 1.56. The van der Waals surface area contributed by atoms with Gasteiger partial charge in [-0.1, -0.05) is 32.0 Å². The second-order valence-electron chi connectivity index (χ2n) is 7.74. The minimum Gasteiger partial charge on any atom is -0.368 e. The van der Waals surface area contributed by atoms with Crippen LogP contribution in [-0.2, 0) is 16.1 Å². The Morgan fingerprint density at radius 2 is 2.10 bits per heavy atom. The highest BCUT2D eigenvalue weighted by atomic mass is 16.5. The van der Waals surface area contributed by atoms with Gasteiger partial charge in [0.2, 0.25) is 11.8 Å². The summed E-state index contributed by atoms with van der Waals surface area (Å²) in [5.41, 5.74) is 7.27. The van der Waals surface area contributed by atoms with Crippen molar-refractivity contribution >= 4 is 22.7 Å². The first-order valence-corrected chi connectivity index (χ1v) is 10.0. The summed E-state index contributed by atoms with van der Waals surface area (Å²) >= 11 is 0. The predicted octanol–water partition coefficient (Wildman–Crippen LogP) is 2.25. The minimum atomic E-state index is -0.514. The standard InChI is InChI=1S/C22H25N5O3/c1-14(2)22-24-7-8-27(22)13-20(28)26-9-10-30-19(12-26)18-11-16(21(23)29)15-5-3-4-6-17(15)25-18/h3-8,11,14,19H,9-10,12-13H2,1-2H3,(H2,23,29)/t19-/m1/s1. The molecule has 1 atom stereocenters. The molecule has 3 aromatic rings. The molecule has 1 aliphatic heterocycles. The predicted molar refractivity (Wildman–Crippen MR) is 112 cm³/mol. The molecule has 0 aliphatic carbocycles. The molecule has 30 heavy (non-hydrogen) atoms. The molecule has 0 spiro atoms. The number of imidazole rings is 1. The van der Waals surface area contributed by atoms with E-state index in [1.54, 1.807) is 17.2 Å². The van der Waals surface area contributed by atoms with Crippen molar-refractivity contribution in [2.75, 3.05) is 19.7 Å². The van der Waals surface area contributed by atoms with Gasteiger partial charge in [-0.3, -0.25) is 9.59 Å². The van der Waals surface area contributed by atoms with Crippen LogP contribution in [0.2, 0.25) is 0 Å². The number of nitrogens with zero attached hydrogens (tertiary/aromatic N) is 4. The molecule has 0 saturated carbocycles. The lowest BCUT2D eigenvalue weighted by molar-refractivity contribution is -0.139. The number of carbonyl (C=O) groups excluding carboxylic acids is 2. The van der Waals surface area contributed by atoms with E-state index >= 15 is 0 Å². The number of pyridine rings is 1. The molecule has 0 bridgehead atoms. The highest BCUT2D eigenvalue weighted by Crippen LogP contribution is 2.26. The molecule has 4 rings (SSSR count). The van der Waals surface area contributed by atoms with Crippen LogP contribution in [0.5, 0.6) is 0 Å². The van der Waals surface area contributed by atoms with E-state index < -0.39 is 12.0 Å². The Hall–Kier alpha value is -3.26. The first-order valence-electron chi connectivity index (χ1n) is 10.0. The number of ether oxygens (including phenoxy) is 1. The molecule has 1 fully saturated rings. The third-order valence-electron chi connectivity index (χ3n) is 5.32. The Kier molecular flexibility index (Phi) is 5.50. The van der Waals surface area contributed by atoms with E-state index in [4.69, 9.17) is 10.5 Å². The number of hydrogen-bond donors (Lipinski definition) is 1. The van der Waals surface area contributed by atoms with Crippen molar-refractivity contribution in [2.24, 2.45) is 5.73 Å². The molecule has 2 N–H and O–H groups in total. The lowest BCUT2D eigenvalue weighted by Crippen LogP contribution is -2.44. The number of primary amides is 1. The van der Waals surface area contributed by atoms with Crippen LogP contribution in [0.3, 0.4) is 0 Å². The van der Waals surface area contributed by atoms with Gasteiger partial charge in [0.15, 0.2) is 0 Å². The molecule has 156 valence electrons. The first-order chi connectivity index (χ1) is 14.4. The van der Waals surface area contributed by atoms with E-state index in [-0.39, 0.29) is 18.4 Å². The molecule has 3 heterocycles. The number of morpholine rings is 1. The van der Waals surface area contributed by atoms with Crippen LogP contribution in [0.25, 0.3) is 10.9 Å². The van der Waals surface area contributed by atoms with Crippen LogP contribution >= 0.6 is 0 Å². The van der Waals surface area contributed by atoms with Gasteiger partial charge in [0.05, 0.1) is 29.9 Å². The van der Waals surface area contributed by atoms with Gasteiger partial charge in [-0.05, 0) is 12.1 Å². The average molecular weight is 407 g/mol. The van der Waals surface area contributed by atoms with Crippen molar-refractivity contribution in [1.29, 1.82) is 0 Å². The van der Waals surface area contributed by atoms with E-state index in [2.05, 4.69) is 23.8 Å². The van der Waals surface area contributed by atoms with Gasteiger partial charge in [-0.15, -0.1) is 0 Å². The second kappa shape index (κ2) is 8.23. The molecule has 8 nitrogen and oxygen atoms in total. The number of benzene rings is 1. The van der Waals surface area contributed by atoms with Gasteiger partial charge in [-0.2, -0.15) is 0 Å². The van der Waals surface area contributed by atoms with Crippen LogP contribution in [0.1, 0.15) is 47.7 Å². The van der Waals surface area contributed by atoms with Gasteiger partial charge in [0, 0.05) is 30.2 Å².